The number of carbonyl (C=O) groups excluding carboxylic acids is 1. The minimum Gasteiger partial charge on any atom is -0.366 e. The molecular formula is C23H20FN5O2S. The summed E-state index contributed by atoms with van der Waals surface area (Å²) in [6.07, 6.45) is 1.42. The van der Waals surface area contributed by atoms with Crippen LogP contribution in [-0.4, -0.2) is 50.9 Å². The van der Waals surface area contributed by atoms with E-state index in [1.165, 1.54) is 17.0 Å². The summed E-state index contributed by atoms with van der Waals surface area (Å²) in [5.41, 5.74) is 2.39. The van der Waals surface area contributed by atoms with Crippen molar-refractivity contribution in [3.8, 4) is 11.3 Å². The predicted molar refractivity (Wildman–Crippen MR) is 122 cm³/mol. The fourth-order valence-electron chi connectivity index (χ4n) is 3.90. The molecule has 0 saturated carbocycles. The molecule has 2 aromatic carbocycles. The van der Waals surface area contributed by atoms with Crippen LogP contribution in [0, 0.1) is 5.82 Å². The monoisotopic (exact) mass is 449 g/mol. The Balaban J connectivity index is 1.30. The van der Waals surface area contributed by atoms with Crippen LogP contribution in [0.15, 0.2) is 65.7 Å². The van der Waals surface area contributed by atoms with Gasteiger partial charge in [-0.1, -0.05) is 42.5 Å². The molecule has 0 unspecified atom stereocenters. The topological polar surface area (TPSA) is 71.3 Å². The molecule has 9 heteroatoms. The Morgan fingerprint density at radius 1 is 1.00 bits per heavy atom. The first-order valence-corrected chi connectivity index (χ1v) is 11.1. The van der Waals surface area contributed by atoms with Gasteiger partial charge >= 0.3 is 0 Å². The third kappa shape index (κ3) is 3.75. The molecule has 0 N–H and O–H groups in total. The van der Waals surface area contributed by atoms with Crippen molar-refractivity contribution in [2.75, 3.05) is 31.1 Å². The summed E-state index contributed by atoms with van der Waals surface area (Å²) in [6.45, 7) is 1.93. The van der Waals surface area contributed by atoms with Crippen molar-refractivity contribution in [3.05, 3.63) is 77.1 Å². The summed E-state index contributed by atoms with van der Waals surface area (Å²) in [7, 11) is 0. The highest BCUT2D eigenvalue weighted by molar-refractivity contribution is 7.13. The van der Waals surface area contributed by atoms with E-state index in [9.17, 15) is 14.0 Å². The van der Waals surface area contributed by atoms with Gasteiger partial charge in [0.15, 0.2) is 0 Å². The van der Waals surface area contributed by atoms with E-state index in [4.69, 9.17) is 0 Å². The van der Waals surface area contributed by atoms with Crippen molar-refractivity contribution < 1.29 is 9.18 Å². The van der Waals surface area contributed by atoms with Crippen LogP contribution in [0.5, 0.6) is 0 Å². The summed E-state index contributed by atoms with van der Waals surface area (Å²) in [4.78, 5) is 33.8. The highest BCUT2D eigenvalue weighted by Crippen LogP contribution is 2.27. The molecule has 1 saturated heterocycles. The Bertz CT molecular complexity index is 1330. The van der Waals surface area contributed by atoms with Crippen LogP contribution in [0.25, 0.3) is 21.5 Å². The second kappa shape index (κ2) is 8.51. The van der Waals surface area contributed by atoms with Gasteiger partial charge < -0.3 is 9.80 Å². The van der Waals surface area contributed by atoms with Gasteiger partial charge in [0.25, 0.3) is 5.56 Å². The molecule has 1 aliphatic rings. The zero-order valence-electron chi connectivity index (χ0n) is 17.1. The molecule has 5 rings (SSSR count). The van der Waals surface area contributed by atoms with Crippen LogP contribution in [0.2, 0.25) is 0 Å². The van der Waals surface area contributed by atoms with E-state index in [0.717, 1.165) is 17.1 Å². The normalized spacial score (nSPS) is 14.2. The van der Waals surface area contributed by atoms with Crippen molar-refractivity contribution in [3.63, 3.8) is 0 Å². The number of amides is 1. The van der Waals surface area contributed by atoms with Crippen LogP contribution in [-0.2, 0) is 11.3 Å². The maximum atomic E-state index is 14.0. The largest absolute Gasteiger partial charge is 0.366 e. The number of rotatable bonds is 4. The number of nitrogens with zero attached hydrogens (tertiary/aromatic N) is 5. The molecule has 0 spiro atoms. The summed E-state index contributed by atoms with van der Waals surface area (Å²) < 4.78 is 20.2. The molecule has 0 radical (unpaired) electrons. The van der Waals surface area contributed by atoms with E-state index in [-0.39, 0.29) is 23.8 Å². The van der Waals surface area contributed by atoms with Gasteiger partial charge in [-0.25, -0.2) is 9.37 Å². The first-order chi connectivity index (χ1) is 15.6. The smallest absolute Gasteiger partial charge is 0.273 e. The molecule has 32 heavy (non-hydrogen) atoms. The number of carbonyl (C=O) groups is 1. The van der Waals surface area contributed by atoms with Crippen molar-refractivity contribution in [1.29, 1.82) is 0 Å². The zero-order valence-corrected chi connectivity index (χ0v) is 18.0. The molecule has 0 atom stereocenters. The molecule has 7 nitrogen and oxygen atoms in total. The van der Waals surface area contributed by atoms with Crippen molar-refractivity contribution in [2.24, 2.45) is 0 Å². The number of fused-ring (bicyclic) bond motifs is 1. The third-order valence-corrected chi connectivity index (χ3v) is 6.45. The highest BCUT2D eigenvalue weighted by Gasteiger charge is 2.23. The molecule has 4 aromatic rings. The summed E-state index contributed by atoms with van der Waals surface area (Å²) in [5.74, 6) is -0.424. The first-order valence-electron chi connectivity index (χ1n) is 10.3. The van der Waals surface area contributed by atoms with E-state index in [0.29, 0.717) is 47.8 Å². The van der Waals surface area contributed by atoms with E-state index in [2.05, 4.69) is 9.36 Å². The Labute approximate surface area is 187 Å². The number of piperazine rings is 1. The van der Waals surface area contributed by atoms with Gasteiger partial charge in [-0.15, -0.1) is 0 Å². The van der Waals surface area contributed by atoms with Crippen molar-refractivity contribution in [1.82, 2.24) is 18.8 Å². The van der Waals surface area contributed by atoms with Crippen LogP contribution < -0.4 is 10.5 Å². The predicted octanol–water partition coefficient (Wildman–Crippen LogP) is 3.01. The van der Waals surface area contributed by atoms with Gasteiger partial charge in [0.2, 0.25) is 5.91 Å². The second-order valence-corrected chi connectivity index (χ2v) is 8.35. The Hall–Kier alpha value is -3.59. The number of halogens is 1. The van der Waals surface area contributed by atoms with Crippen molar-refractivity contribution >= 4 is 33.3 Å². The van der Waals surface area contributed by atoms with Crippen LogP contribution in [0.4, 0.5) is 10.1 Å². The maximum Gasteiger partial charge on any atom is 0.273 e. The fraction of sp³-hybridized carbons (Fsp3) is 0.217. The lowest BCUT2D eigenvalue weighted by Crippen LogP contribution is -2.50. The average Bonchev–Trinajstić information content (AvgIpc) is 3.27. The van der Waals surface area contributed by atoms with Crippen LogP contribution >= 0.6 is 11.5 Å². The van der Waals surface area contributed by atoms with Gasteiger partial charge in [-0.2, -0.15) is 4.37 Å². The van der Waals surface area contributed by atoms with Crippen LogP contribution in [0.1, 0.15) is 0 Å². The molecular weight excluding hydrogens is 429 g/mol. The number of benzene rings is 2. The van der Waals surface area contributed by atoms with Gasteiger partial charge in [-0.3, -0.25) is 14.2 Å². The van der Waals surface area contributed by atoms with Gasteiger partial charge in [-0.05, 0) is 23.7 Å². The number of hydrogen-bond donors (Lipinski definition) is 0. The standard InChI is InChI=1S/C23H20FN5O2S/c24-17-8-4-5-9-18(17)27-10-12-28(13-11-27)19(30)14-29-15-25-21-20(16-6-2-1-3-7-16)26-32-22(21)23(29)31/h1-9,15H,10-14H2. The first kappa shape index (κ1) is 20.3. The van der Waals surface area contributed by atoms with E-state index < -0.39 is 0 Å². The average molecular weight is 450 g/mol. The number of hydrogen-bond acceptors (Lipinski definition) is 6. The molecule has 3 heterocycles. The zero-order chi connectivity index (χ0) is 22.1. The van der Waals surface area contributed by atoms with Gasteiger partial charge in [0.05, 0.1) is 12.0 Å². The second-order valence-electron chi connectivity index (χ2n) is 7.57. The lowest BCUT2D eigenvalue weighted by atomic mass is 10.1. The molecule has 1 fully saturated rings. The number of para-hydroxylation sites is 1. The summed E-state index contributed by atoms with van der Waals surface area (Å²) in [6, 6.07) is 16.2. The number of aromatic nitrogens is 3. The maximum absolute atomic E-state index is 14.0. The van der Waals surface area contributed by atoms with Crippen LogP contribution in [0.3, 0.4) is 0 Å². The lowest BCUT2D eigenvalue weighted by Gasteiger charge is -2.36. The quantitative estimate of drug-likeness (QED) is 0.479. The van der Waals surface area contributed by atoms with Gasteiger partial charge in [0, 0.05) is 31.7 Å². The Kier molecular flexibility index (Phi) is 5.40. The van der Waals surface area contributed by atoms with Crippen molar-refractivity contribution in [2.45, 2.75) is 6.54 Å². The molecule has 1 aliphatic heterocycles. The molecule has 1 amide bonds. The van der Waals surface area contributed by atoms with E-state index in [1.54, 1.807) is 23.1 Å². The SMILES string of the molecule is O=C(Cn1cnc2c(-c3ccccc3)nsc2c1=O)N1CCN(c2ccccc2F)CC1. The fourth-order valence-corrected chi connectivity index (χ4v) is 4.71. The van der Waals surface area contributed by atoms with Gasteiger partial charge in [0.1, 0.15) is 28.3 Å². The Morgan fingerprint density at radius 3 is 2.47 bits per heavy atom. The third-order valence-electron chi connectivity index (χ3n) is 5.63. The van der Waals surface area contributed by atoms with E-state index >= 15 is 0 Å². The van der Waals surface area contributed by atoms with E-state index in [1.807, 2.05) is 35.2 Å². The molecule has 2 aromatic heterocycles. The minimum atomic E-state index is -0.270. The minimum absolute atomic E-state index is 0.0833. The molecule has 0 aliphatic carbocycles. The lowest BCUT2D eigenvalue weighted by molar-refractivity contribution is -0.132. The summed E-state index contributed by atoms with van der Waals surface area (Å²) in [5, 5.41) is 0. The number of anilines is 1. The summed E-state index contributed by atoms with van der Waals surface area (Å²) >= 11 is 1.10. The molecule has 162 valence electrons. The molecule has 0 bridgehead atoms. The Morgan fingerprint density at radius 2 is 1.72 bits per heavy atom. The highest BCUT2D eigenvalue weighted by atomic mass is 32.1.